The first-order chi connectivity index (χ1) is 10.9. The third-order valence-electron chi connectivity index (χ3n) is 4.46. The fourth-order valence-corrected chi connectivity index (χ4v) is 2.81. The van der Waals surface area contributed by atoms with E-state index in [2.05, 4.69) is 53.2 Å². The Morgan fingerprint density at radius 2 is 1.88 bits per heavy atom. The van der Waals surface area contributed by atoms with Crippen LogP contribution in [0.5, 0.6) is 0 Å². The Morgan fingerprint density at radius 1 is 1.17 bits per heavy atom. The molecule has 1 heterocycles. The average Bonchev–Trinajstić information content (AvgIpc) is 2.69. The number of guanidine groups is 1. The lowest BCUT2D eigenvalue weighted by Gasteiger charge is -2.30. The number of nitrogens with zero attached hydrogens (tertiary/aromatic N) is 3. The van der Waals surface area contributed by atoms with Crippen LogP contribution in [0.4, 0.5) is 0 Å². The van der Waals surface area contributed by atoms with Crippen molar-refractivity contribution in [2.75, 3.05) is 67.0 Å². The Morgan fingerprint density at radius 3 is 2.46 bits per heavy atom. The van der Waals surface area contributed by atoms with Crippen molar-refractivity contribution >= 4 is 29.9 Å². The number of nitrogens with one attached hydrogen (secondary N) is 2. The van der Waals surface area contributed by atoms with Crippen molar-refractivity contribution in [3.05, 3.63) is 0 Å². The lowest BCUT2D eigenvalue weighted by Crippen LogP contribution is -2.47. The smallest absolute Gasteiger partial charge is 0.191 e. The van der Waals surface area contributed by atoms with Crippen molar-refractivity contribution in [1.29, 1.82) is 0 Å². The zero-order valence-corrected chi connectivity index (χ0v) is 18.7. The summed E-state index contributed by atoms with van der Waals surface area (Å²) >= 11 is 0. The second kappa shape index (κ2) is 12.3. The van der Waals surface area contributed by atoms with Crippen molar-refractivity contribution < 1.29 is 4.74 Å². The van der Waals surface area contributed by atoms with Gasteiger partial charge >= 0.3 is 0 Å². The normalized spacial score (nSPS) is 19.3. The van der Waals surface area contributed by atoms with E-state index < -0.39 is 0 Å². The van der Waals surface area contributed by atoms with Gasteiger partial charge in [-0.3, -0.25) is 4.99 Å². The molecule has 0 aliphatic carbocycles. The monoisotopic (exact) mass is 455 g/mol. The van der Waals surface area contributed by atoms with Gasteiger partial charge in [0.1, 0.15) is 0 Å². The lowest BCUT2D eigenvalue weighted by molar-refractivity contribution is 0.0205. The number of hydrogen-bond donors (Lipinski definition) is 2. The molecule has 1 atom stereocenters. The van der Waals surface area contributed by atoms with Crippen LogP contribution < -0.4 is 10.6 Å². The van der Waals surface area contributed by atoms with E-state index in [-0.39, 0.29) is 35.5 Å². The molecule has 2 N–H and O–H groups in total. The molecule has 24 heavy (non-hydrogen) atoms. The summed E-state index contributed by atoms with van der Waals surface area (Å²) in [5.41, 5.74) is 0.110. The first kappa shape index (κ1) is 23.9. The Hall–Kier alpha value is -0.120. The van der Waals surface area contributed by atoms with Crippen LogP contribution >= 0.6 is 24.0 Å². The van der Waals surface area contributed by atoms with Crippen LogP contribution in [0, 0.1) is 5.41 Å². The molecule has 1 saturated heterocycles. The Bertz CT molecular complexity index is 359. The van der Waals surface area contributed by atoms with Gasteiger partial charge in [0.25, 0.3) is 0 Å². The minimum Gasteiger partial charge on any atom is -0.379 e. The topological polar surface area (TPSA) is 52.1 Å². The number of halogens is 1. The first-order valence-electron chi connectivity index (χ1n) is 8.75. The molecule has 1 aliphatic rings. The fourth-order valence-electron chi connectivity index (χ4n) is 2.81. The van der Waals surface area contributed by atoms with E-state index in [1.54, 1.807) is 7.11 Å². The summed E-state index contributed by atoms with van der Waals surface area (Å²) in [4.78, 5) is 9.23. The number of aliphatic imine (C=N–C) groups is 1. The number of hydrogen-bond acceptors (Lipinski definition) is 4. The average molecular weight is 455 g/mol. The summed E-state index contributed by atoms with van der Waals surface area (Å²) in [6.45, 7) is 14.0. The zero-order valence-electron chi connectivity index (χ0n) is 16.4. The Kier molecular flexibility index (Phi) is 12.2. The highest BCUT2D eigenvalue weighted by Gasteiger charge is 2.24. The highest BCUT2D eigenvalue weighted by Crippen LogP contribution is 2.20. The maximum atomic E-state index is 5.58. The molecule has 0 amide bonds. The van der Waals surface area contributed by atoms with Crippen molar-refractivity contribution in [3.8, 4) is 0 Å². The Labute approximate surface area is 165 Å². The second-order valence-electron chi connectivity index (χ2n) is 7.47. The van der Waals surface area contributed by atoms with Crippen LogP contribution in [-0.4, -0.2) is 88.9 Å². The van der Waals surface area contributed by atoms with Gasteiger partial charge in [0.05, 0.1) is 6.10 Å². The van der Waals surface area contributed by atoms with Gasteiger partial charge in [-0.15, -0.1) is 24.0 Å². The molecule has 1 unspecified atom stereocenters. The molecule has 0 bridgehead atoms. The standard InChI is InChI=1S/C17H37N5O.HI/c1-17(2,3)15(23-6)14-20-16(18-4)19-8-11-22-10-7-9-21(5)12-13-22;/h15H,7-14H2,1-6H3,(H2,18,19,20);1H. The maximum Gasteiger partial charge on any atom is 0.191 e. The number of likely N-dealkylation sites (N-methyl/N-ethyl adjacent to an activating group) is 1. The van der Waals surface area contributed by atoms with E-state index >= 15 is 0 Å². The van der Waals surface area contributed by atoms with E-state index in [0.717, 1.165) is 38.7 Å². The SMILES string of the molecule is CN=C(NCCN1CCCN(C)CC1)NCC(OC)C(C)(C)C.I. The molecule has 6 nitrogen and oxygen atoms in total. The van der Waals surface area contributed by atoms with Crippen LogP contribution in [0.3, 0.4) is 0 Å². The van der Waals surface area contributed by atoms with Crippen molar-refractivity contribution in [2.45, 2.75) is 33.3 Å². The molecule has 144 valence electrons. The minimum absolute atomic E-state index is 0. The van der Waals surface area contributed by atoms with Gasteiger partial charge in [-0.05, 0) is 32.0 Å². The molecule has 1 rings (SSSR count). The highest BCUT2D eigenvalue weighted by molar-refractivity contribution is 14.0. The molecular weight excluding hydrogens is 417 g/mol. The Balaban J connectivity index is 0.00000529. The van der Waals surface area contributed by atoms with Gasteiger partial charge in [0.15, 0.2) is 5.96 Å². The predicted molar refractivity (Wildman–Crippen MR) is 114 cm³/mol. The van der Waals surface area contributed by atoms with E-state index in [0.29, 0.717) is 0 Å². The summed E-state index contributed by atoms with van der Waals surface area (Å²) in [5.74, 6) is 0.850. The van der Waals surface area contributed by atoms with E-state index in [1.165, 1.54) is 19.5 Å². The first-order valence-corrected chi connectivity index (χ1v) is 8.75. The summed E-state index contributed by atoms with van der Waals surface area (Å²) in [5, 5.41) is 6.78. The summed E-state index contributed by atoms with van der Waals surface area (Å²) < 4.78 is 5.58. The molecule has 0 radical (unpaired) electrons. The molecule has 1 aliphatic heterocycles. The van der Waals surface area contributed by atoms with Gasteiger partial charge in [0, 0.05) is 46.9 Å². The molecule has 0 aromatic rings. The quantitative estimate of drug-likeness (QED) is 0.361. The van der Waals surface area contributed by atoms with Gasteiger partial charge in [-0.1, -0.05) is 20.8 Å². The molecule has 1 fully saturated rings. The van der Waals surface area contributed by atoms with E-state index in [4.69, 9.17) is 4.74 Å². The predicted octanol–water partition coefficient (Wildman–Crippen LogP) is 1.47. The second-order valence-corrected chi connectivity index (χ2v) is 7.47. The third kappa shape index (κ3) is 9.39. The fraction of sp³-hybridized carbons (Fsp3) is 0.941. The van der Waals surface area contributed by atoms with Crippen molar-refractivity contribution in [2.24, 2.45) is 10.4 Å². The van der Waals surface area contributed by atoms with Crippen LogP contribution in [0.1, 0.15) is 27.2 Å². The molecule has 7 heteroatoms. The third-order valence-corrected chi connectivity index (χ3v) is 4.46. The molecule has 0 spiro atoms. The van der Waals surface area contributed by atoms with Gasteiger partial charge in [0.2, 0.25) is 0 Å². The summed E-state index contributed by atoms with van der Waals surface area (Å²) in [7, 11) is 5.79. The molecule has 0 aromatic heterocycles. The van der Waals surface area contributed by atoms with Crippen LogP contribution in [0.15, 0.2) is 4.99 Å². The van der Waals surface area contributed by atoms with Crippen LogP contribution in [0.25, 0.3) is 0 Å². The lowest BCUT2D eigenvalue weighted by atomic mass is 9.89. The maximum absolute atomic E-state index is 5.58. The summed E-state index contributed by atoms with van der Waals surface area (Å²) in [6, 6.07) is 0. The van der Waals surface area contributed by atoms with Crippen LogP contribution in [-0.2, 0) is 4.74 Å². The summed E-state index contributed by atoms with van der Waals surface area (Å²) in [6.07, 6.45) is 1.41. The zero-order chi connectivity index (χ0) is 17.3. The largest absolute Gasteiger partial charge is 0.379 e. The highest BCUT2D eigenvalue weighted by atomic mass is 127. The van der Waals surface area contributed by atoms with E-state index in [1.807, 2.05) is 7.05 Å². The van der Waals surface area contributed by atoms with Crippen molar-refractivity contribution in [1.82, 2.24) is 20.4 Å². The molecule has 0 saturated carbocycles. The minimum atomic E-state index is 0. The van der Waals surface area contributed by atoms with Crippen molar-refractivity contribution in [3.63, 3.8) is 0 Å². The van der Waals surface area contributed by atoms with Gasteiger partial charge in [-0.25, -0.2) is 0 Å². The number of rotatable bonds is 6. The van der Waals surface area contributed by atoms with Crippen LogP contribution in [0.2, 0.25) is 0 Å². The number of ether oxygens (including phenoxy) is 1. The van der Waals surface area contributed by atoms with Gasteiger partial charge < -0.3 is 25.2 Å². The van der Waals surface area contributed by atoms with Gasteiger partial charge in [-0.2, -0.15) is 0 Å². The van der Waals surface area contributed by atoms with E-state index in [9.17, 15) is 0 Å². The number of methoxy groups -OCH3 is 1. The molecular formula is C17H38IN5O. The molecule has 0 aromatic carbocycles.